The van der Waals surface area contributed by atoms with E-state index in [1.54, 1.807) is 25.7 Å². The van der Waals surface area contributed by atoms with Crippen LogP contribution in [0.3, 0.4) is 0 Å². The Hall–Kier alpha value is -2.18. The molecule has 1 N–H and O–H groups in total. The molecule has 11 nitrogen and oxygen atoms in total. The molecule has 5 radical (unpaired) electrons. The van der Waals surface area contributed by atoms with Crippen LogP contribution in [-0.2, 0) is 47.7 Å². The molecule has 1 aliphatic carbocycles. The van der Waals surface area contributed by atoms with Crippen molar-refractivity contribution in [2.45, 2.75) is 57.8 Å². The van der Waals surface area contributed by atoms with Crippen LogP contribution in [0.1, 0.15) is 27.2 Å². The average Bonchev–Trinajstić information content (AvgIpc) is 3.32. The van der Waals surface area contributed by atoms with Crippen LogP contribution in [0, 0.1) is 31.6 Å². The van der Waals surface area contributed by atoms with Gasteiger partial charge in [-0.05, 0) is 25.7 Å². The molecule has 0 bridgehead atoms. The van der Waals surface area contributed by atoms with Gasteiger partial charge in [0.05, 0.1) is 5.75 Å². The Labute approximate surface area is 209 Å². The van der Waals surface area contributed by atoms with Crippen molar-refractivity contribution in [3.05, 3.63) is 31.6 Å². The predicted octanol–water partition coefficient (Wildman–Crippen LogP) is 0.367. The van der Waals surface area contributed by atoms with Gasteiger partial charge in [0, 0.05) is 46.0 Å². The molecule has 1 aliphatic heterocycles. The Morgan fingerprint density at radius 3 is 2.17 bits per heavy atom. The van der Waals surface area contributed by atoms with Gasteiger partial charge < -0.3 is 29.0 Å². The summed E-state index contributed by atoms with van der Waals surface area (Å²) < 4.78 is 26.9. The third kappa shape index (κ3) is 9.42. The van der Waals surface area contributed by atoms with Crippen LogP contribution >= 0.6 is 11.8 Å². The average molecular weight is 513 g/mol. The van der Waals surface area contributed by atoms with E-state index in [4.69, 9.17) is 23.7 Å². The number of hydrogen-bond donors (Lipinski definition) is 1. The molecule has 0 aromatic heterocycles. The number of methoxy groups -OCH3 is 1. The fourth-order valence-electron chi connectivity index (χ4n) is 3.52. The van der Waals surface area contributed by atoms with Gasteiger partial charge in [-0.15, -0.1) is 0 Å². The van der Waals surface area contributed by atoms with E-state index in [0.717, 1.165) is 6.92 Å². The third-order valence-corrected chi connectivity index (χ3v) is 5.91. The minimum atomic E-state index is -1.18. The molecule has 0 spiro atoms. The van der Waals surface area contributed by atoms with Crippen molar-refractivity contribution in [1.82, 2.24) is 5.32 Å². The second kappa shape index (κ2) is 14.4. The number of nitrogens with one attached hydrogen (secondary N) is 1. The molecule has 12 heteroatoms. The molecule has 1 amide bonds. The number of ether oxygens (including phenoxy) is 5. The van der Waals surface area contributed by atoms with E-state index in [0.29, 0.717) is 11.7 Å². The zero-order chi connectivity index (χ0) is 26.0. The Bertz CT molecular complexity index is 769. The fourth-order valence-corrected chi connectivity index (χ4v) is 4.26. The SMILES string of the molecule is CO[C@H]1O[C@H](COC(C)=O)[C@@H](OC(C)=O)[C@H](OC(C)=O)[C@H]1NC(=O)CSCCC(=O)[C]1[CH][CH][CH][CH]1. The summed E-state index contributed by atoms with van der Waals surface area (Å²) in [5.41, 5.74) is 0. The van der Waals surface area contributed by atoms with Crippen molar-refractivity contribution in [1.29, 1.82) is 0 Å². The number of amides is 1. The first kappa shape index (κ1) is 29.1. The highest BCUT2D eigenvalue weighted by atomic mass is 32.2. The van der Waals surface area contributed by atoms with Gasteiger partial charge in [-0.3, -0.25) is 24.0 Å². The van der Waals surface area contributed by atoms with Crippen LogP contribution in [0.25, 0.3) is 0 Å². The first-order valence-corrected chi connectivity index (χ1v) is 12.1. The van der Waals surface area contributed by atoms with Crippen LogP contribution in [0.2, 0.25) is 0 Å². The molecule has 2 aliphatic rings. The van der Waals surface area contributed by atoms with E-state index in [-0.39, 0.29) is 24.6 Å². The number of carbonyl (C=O) groups excluding carboxylic acids is 5. The summed E-state index contributed by atoms with van der Waals surface area (Å²) >= 11 is 1.26. The molecule has 2 fully saturated rings. The monoisotopic (exact) mass is 512 g/mol. The lowest BCUT2D eigenvalue weighted by Gasteiger charge is -2.44. The molecule has 35 heavy (non-hydrogen) atoms. The molecule has 193 valence electrons. The topological polar surface area (TPSA) is 144 Å². The molecule has 1 saturated heterocycles. The van der Waals surface area contributed by atoms with Crippen LogP contribution in [0.15, 0.2) is 0 Å². The third-order valence-electron chi connectivity index (χ3n) is 4.95. The van der Waals surface area contributed by atoms with Crippen LogP contribution in [-0.4, -0.2) is 85.5 Å². The summed E-state index contributed by atoms with van der Waals surface area (Å²) in [4.78, 5) is 59.6. The number of rotatable bonds is 12. The second-order valence-electron chi connectivity index (χ2n) is 7.72. The van der Waals surface area contributed by atoms with Gasteiger partial charge in [-0.25, -0.2) is 0 Å². The van der Waals surface area contributed by atoms with Gasteiger partial charge in [0.2, 0.25) is 5.91 Å². The Balaban J connectivity index is 2.04. The highest BCUT2D eigenvalue weighted by molar-refractivity contribution is 7.99. The number of thioether (sulfide) groups is 1. The maximum absolute atomic E-state index is 12.7. The van der Waals surface area contributed by atoms with Crippen LogP contribution in [0.4, 0.5) is 0 Å². The summed E-state index contributed by atoms with van der Waals surface area (Å²) in [5, 5.41) is 2.71. The minimum absolute atomic E-state index is 0.0130. The standard InChI is InChI=1S/C23H30NO10S/c1-13(25)31-11-18-21(32-14(2)26)22(33-15(3)27)20(23(30-4)34-18)24-19(29)12-35-10-9-17(28)16-7-5-6-8-16/h5-8,18,20-23H,9-12H2,1-4H3,(H,24,29)/t18-,20-,21-,22-,23+/m1/s1. The first-order valence-electron chi connectivity index (χ1n) is 10.9. The lowest BCUT2D eigenvalue weighted by molar-refractivity contribution is -0.271. The van der Waals surface area contributed by atoms with Gasteiger partial charge in [0.15, 0.2) is 18.5 Å². The molecule has 0 unspecified atom stereocenters. The summed E-state index contributed by atoms with van der Waals surface area (Å²) in [6, 6.07) is -1.03. The van der Waals surface area contributed by atoms with Crippen LogP contribution < -0.4 is 5.32 Å². The molecule has 2 rings (SSSR count). The Morgan fingerprint density at radius 1 is 0.971 bits per heavy atom. The Morgan fingerprint density at radius 2 is 1.60 bits per heavy atom. The Kier molecular flexibility index (Phi) is 12.0. The molecule has 1 heterocycles. The van der Waals surface area contributed by atoms with Crippen molar-refractivity contribution in [2.24, 2.45) is 0 Å². The quantitative estimate of drug-likeness (QED) is 0.220. The van der Waals surface area contributed by atoms with Crippen molar-refractivity contribution in [2.75, 3.05) is 25.2 Å². The first-order chi connectivity index (χ1) is 16.6. The smallest absolute Gasteiger partial charge is 0.303 e. The number of ketones is 1. The second-order valence-corrected chi connectivity index (χ2v) is 8.83. The maximum Gasteiger partial charge on any atom is 0.303 e. The van der Waals surface area contributed by atoms with Crippen molar-refractivity contribution in [3.63, 3.8) is 0 Å². The molecule has 0 aromatic carbocycles. The van der Waals surface area contributed by atoms with E-state index in [2.05, 4.69) is 5.32 Å². The van der Waals surface area contributed by atoms with Gasteiger partial charge in [-0.2, -0.15) is 11.8 Å². The number of carbonyl (C=O) groups is 5. The number of hydrogen-bond acceptors (Lipinski definition) is 11. The summed E-state index contributed by atoms with van der Waals surface area (Å²) in [6.45, 7) is 3.24. The summed E-state index contributed by atoms with van der Waals surface area (Å²) in [6.07, 6.45) is 2.84. The van der Waals surface area contributed by atoms with E-state index < -0.39 is 54.5 Å². The molecule has 1 saturated carbocycles. The molecular weight excluding hydrogens is 482 g/mol. The fraction of sp³-hybridized carbons (Fsp3) is 0.565. The highest BCUT2D eigenvalue weighted by Crippen LogP contribution is 2.28. The van der Waals surface area contributed by atoms with Gasteiger partial charge in [0.25, 0.3) is 0 Å². The minimum Gasteiger partial charge on any atom is -0.463 e. The van der Waals surface area contributed by atoms with Crippen molar-refractivity contribution < 1.29 is 47.7 Å². The van der Waals surface area contributed by atoms with Gasteiger partial charge in [-0.1, -0.05) is 0 Å². The lowest BCUT2D eigenvalue weighted by Crippen LogP contribution is -2.66. The zero-order valence-corrected chi connectivity index (χ0v) is 20.8. The molecular formula is C23H30NO10S. The lowest BCUT2D eigenvalue weighted by atomic mass is 9.96. The molecule has 5 atom stereocenters. The maximum atomic E-state index is 12.7. The molecule has 0 aromatic rings. The van der Waals surface area contributed by atoms with E-state index in [9.17, 15) is 24.0 Å². The number of esters is 3. The summed E-state index contributed by atoms with van der Waals surface area (Å²) in [7, 11) is 1.33. The van der Waals surface area contributed by atoms with Crippen LogP contribution in [0.5, 0.6) is 0 Å². The van der Waals surface area contributed by atoms with Crippen molar-refractivity contribution >= 4 is 41.4 Å². The normalized spacial score (nSPS) is 26.6. The highest BCUT2D eigenvalue weighted by Gasteiger charge is 2.51. The van der Waals surface area contributed by atoms with E-state index in [1.807, 2.05) is 0 Å². The zero-order valence-electron chi connectivity index (χ0n) is 20.0. The van der Waals surface area contributed by atoms with Gasteiger partial charge >= 0.3 is 17.9 Å². The van der Waals surface area contributed by atoms with E-state index >= 15 is 0 Å². The predicted molar refractivity (Wildman–Crippen MR) is 123 cm³/mol. The van der Waals surface area contributed by atoms with E-state index in [1.165, 1.54) is 32.7 Å². The van der Waals surface area contributed by atoms with Crippen molar-refractivity contribution in [3.8, 4) is 0 Å². The largest absolute Gasteiger partial charge is 0.463 e. The number of Topliss-reactive ketones (excluding diaryl/α,β-unsaturated/α-hetero) is 1. The van der Waals surface area contributed by atoms with Gasteiger partial charge in [0.1, 0.15) is 24.5 Å². The summed E-state index contributed by atoms with van der Waals surface area (Å²) in [5.74, 6) is -1.32.